The second-order valence-electron chi connectivity index (χ2n) is 3.41. The first kappa shape index (κ1) is 12.8. The summed E-state index contributed by atoms with van der Waals surface area (Å²) in [6, 6.07) is 4.61. The number of hydrogen-bond acceptors (Lipinski definition) is 2. The van der Waals surface area contributed by atoms with Crippen molar-refractivity contribution in [3.63, 3.8) is 0 Å². The topological polar surface area (TPSA) is 35.2 Å². The third kappa shape index (κ3) is 3.41. The minimum atomic E-state index is -4.31. The van der Waals surface area contributed by atoms with Gasteiger partial charge in [0.25, 0.3) is 0 Å². The lowest BCUT2D eigenvalue weighted by Crippen LogP contribution is -2.25. The van der Waals surface area contributed by atoms with E-state index in [1.54, 1.807) is 0 Å². The van der Waals surface area contributed by atoms with Crippen LogP contribution in [0.1, 0.15) is 18.9 Å². The molecule has 2 nitrogen and oxygen atoms in total. The Balaban J connectivity index is 2.72. The number of rotatable bonds is 4. The Morgan fingerprint density at radius 3 is 2.19 bits per heavy atom. The third-order valence-electron chi connectivity index (χ3n) is 2.20. The van der Waals surface area contributed by atoms with E-state index in [0.717, 1.165) is 18.6 Å². The highest BCUT2D eigenvalue weighted by Crippen LogP contribution is 2.30. The highest BCUT2D eigenvalue weighted by molar-refractivity contribution is 5.29. The maximum Gasteiger partial charge on any atom is 0.416 e. The third-order valence-corrected chi connectivity index (χ3v) is 2.20. The predicted octanol–water partition coefficient (Wildman–Crippen LogP) is 2.82. The van der Waals surface area contributed by atoms with E-state index in [1.165, 1.54) is 12.1 Å². The second kappa shape index (κ2) is 5.21. The van der Waals surface area contributed by atoms with Crippen LogP contribution in [0.2, 0.25) is 0 Å². The Labute approximate surface area is 92.2 Å². The van der Waals surface area contributed by atoms with Gasteiger partial charge in [-0.25, -0.2) is 0 Å². The molecule has 0 fully saturated rings. The number of benzene rings is 1. The molecule has 16 heavy (non-hydrogen) atoms. The van der Waals surface area contributed by atoms with Crippen molar-refractivity contribution in [1.82, 2.24) is 0 Å². The largest absolute Gasteiger partial charge is 0.489 e. The van der Waals surface area contributed by atoms with Gasteiger partial charge >= 0.3 is 6.18 Å². The zero-order valence-corrected chi connectivity index (χ0v) is 8.92. The molecular formula is C11H14F3NO. The summed E-state index contributed by atoms with van der Waals surface area (Å²) in [6.07, 6.45) is -3.75. The molecule has 1 aromatic rings. The van der Waals surface area contributed by atoms with Gasteiger partial charge in [0.05, 0.1) is 5.56 Å². The monoisotopic (exact) mass is 233 g/mol. The van der Waals surface area contributed by atoms with Gasteiger partial charge in [-0.15, -0.1) is 0 Å². The van der Waals surface area contributed by atoms with Crippen molar-refractivity contribution in [2.24, 2.45) is 5.73 Å². The van der Waals surface area contributed by atoms with E-state index >= 15 is 0 Å². The Morgan fingerprint density at radius 1 is 1.25 bits per heavy atom. The van der Waals surface area contributed by atoms with E-state index in [-0.39, 0.29) is 6.10 Å². The lowest BCUT2D eigenvalue weighted by molar-refractivity contribution is -0.137. The van der Waals surface area contributed by atoms with Gasteiger partial charge in [-0.2, -0.15) is 13.2 Å². The van der Waals surface area contributed by atoms with Gasteiger partial charge in [0, 0.05) is 6.54 Å². The molecule has 0 saturated carbocycles. The van der Waals surface area contributed by atoms with E-state index < -0.39 is 11.7 Å². The summed E-state index contributed by atoms with van der Waals surface area (Å²) in [7, 11) is 0. The molecule has 1 aromatic carbocycles. The van der Waals surface area contributed by atoms with Crippen LogP contribution in [-0.2, 0) is 6.18 Å². The van der Waals surface area contributed by atoms with Gasteiger partial charge in [-0.3, -0.25) is 0 Å². The molecule has 1 unspecified atom stereocenters. The molecule has 0 aliphatic heterocycles. The molecule has 0 aliphatic carbocycles. The van der Waals surface area contributed by atoms with Crippen molar-refractivity contribution >= 4 is 0 Å². The van der Waals surface area contributed by atoms with Crippen LogP contribution in [-0.4, -0.2) is 12.6 Å². The molecule has 0 heterocycles. The van der Waals surface area contributed by atoms with Crippen molar-refractivity contribution in [3.8, 4) is 5.75 Å². The summed E-state index contributed by atoms with van der Waals surface area (Å²) in [6.45, 7) is 2.25. The Kier molecular flexibility index (Phi) is 4.18. The van der Waals surface area contributed by atoms with E-state index in [0.29, 0.717) is 12.3 Å². The number of halogens is 3. The zero-order valence-electron chi connectivity index (χ0n) is 8.92. The van der Waals surface area contributed by atoms with Crippen LogP contribution >= 0.6 is 0 Å². The smallest absolute Gasteiger partial charge is 0.416 e. The van der Waals surface area contributed by atoms with Gasteiger partial charge < -0.3 is 10.5 Å². The van der Waals surface area contributed by atoms with Crippen molar-refractivity contribution in [2.75, 3.05) is 6.54 Å². The Bertz CT molecular complexity index is 317. The van der Waals surface area contributed by atoms with E-state index in [2.05, 4.69) is 0 Å². The molecule has 90 valence electrons. The lowest BCUT2D eigenvalue weighted by Gasteiger charge is -2.15. The van der Waals surface area contributed by atoms with E-state index in [4.69, 9.17) is 10.5 Å². The van der Waals surface area contributed by atoms with Crippen LogP contribution in [0, 0.1) is 0 Å². The first-order chi connectivity index (χ1) is 7.47. The van der Waals surface area contributed by atoms with Gasteiger partial charge in [0.2, 0.25) is 0 Å². The molecule has 0 bridgehead atoms. The standard InChI is InChI=1S/C11H14F3NO/c1-2-9(7-15)16-10-5-3-8(4-6-10)11(12,13)14/h3-6,9H,2,7,15H2,1H3. The number of hydrogen-bond donors (Lipinski definition) is 1. The fourth-order valence-electron chi connectivity index (χ4n) is 1.21. The van der Waals surface area contributed by atoms with Gasteiger partial charge in [0.1, 0.15) is 11.9 Å². The van der Waals surface area contributed by atoms with Gasteiger partial charge in [0.15, 0.2) is 0 Å². The first-order valence-corrected chi connectivity index (χ1v) is 5.01. The van der Waals surface area contributed by atoms with Crippen molar-refractivity contribution in [1.29, 1.82) is 0 Å². The average Bonchev–Trinajstić information content (AvgIpc) is 2.25. The summed E-state index contributed by atoms with van der Waals surface area (Å²) < 4.78 is 42.1. The lowest BCUT2D eigenvalue weighted by atomic mass is 10.2. The molecule has 0 saturated heterocycles. The summed E-state index contributed by atoms with van der Waals surface area (Å²) in [5.41, 5.74) is 4.75. The molecular weight excluding hydrogens is 219 g/mol. The summed E-state index contributed by atoms with van der Waals surface area (Å²) in [5, 5.41) is 0. The Hall–Kier alpha value is -1.23. The van der Waals surface area contributed by atoms with Crippen LogP contribution in [0.15, 0.2) is 24.3 Å². The molecule has 2 N–H and O–H groups in total. The number of ether oxygens (including phenoxy) is 1. The quantitative estimate of drug-likeness (QED) is 0.867. The molecule has 0 radical (unpaired) electrons. The zero-order chi connectivity index (χ0) is 12.2. The number of alkyl halides is 3. The Morgan fingerprint density at radius 2 is 1.81 bits per heavy atom. The first-order valence-electron chi connectivity index (χ1n) is 5.01. The fourth-order valence-corrected chi connectivity index (χ4v) is 1.21. The second-order valence-corrected chi connectivity index (χ2v) is 3.41. The summed E-state index contributed by atoms with van der Waals surface area (Å²) >= 11 is 0. The SMILES string of the molecule is CCC(CN)Oc1ccc(C(F)(F)F)cc1. The van der Waals surface area contributed by atoms with Crippen LogP contribution in [0.5, 0.6) is 5.75 Å². The van der Waals surface area contributed by atoms with Crippen LogP contribution < -0.4 is 10.5 Å². The van der Waals surface area contributed by atoms with E-state index in [1.807, 2.05) is 6.92 Å². The normalized spacial score (nSPS) is 13.6. The highest BCUT2D eigenvalue weighted by atomic mass is 19.4. The molecule has 0 spiro atoms. The summed E-state index contributed by atoms with van der Waals surface area (Å²) in [5.74, 6) is 0.408. The van der Waals surface area contributed by atoms with Crippen molar-refractivity contribution in [3.05, 3.63) is 29.8 Å². The summed E-state index contributed by atoms with van der Waals surface area (Å²) in [4.78, 5) is 0. The minimum Gasteiger partial charge on any atom is -0.489 e. The maximum atomic E-state index is 12.3. The van der Waals surface area contributed by atoms with Crippen LogP contribution in [0.3, 0.4) is 0 Å². The van der Waals surface area contributed by atoms with E-state index in [9.17, 15) is 13.2 Å². The highest BCUT2D eigenvalue weighted by Gasteiger charge is 2.30. The van der Waals surface area contributed by atoms with Crippen LogP contribution in [0.25, 0.3) is 0 Å². The molecule has 5 heteroatoms. The molecule has 0 aliphatic rings. The fraction of sp³-hybridized carbons (Fsp3) is 0.455. The average molecular weight is 233 g/mol. The number of nitrogens with two attached hydrogens (primary N) is 1. The molecule has 0 aromatic heterocycles. The maximum absolute atomic E-state index is 12.3. The van der Waals surface area contributed by atoms with Crippen molar-refractivity contribution < 1.29 is 17.9 Å². The van der Waals surface area contributed by atoms with Gasteiger partial charge in [-0.05, 0) is 30.7 Å². The van der Waals surface area contributed by atoms with Crippen LogP contribution in [0.4, 0.5) is 13.2 Å². The predicted molar refractivity (Wildman–Crippen MR) is 55.2 cm³/mol. The molecule has 1 atom stereocenters. The molecule has 1 rings (SSSR count). The van der Waals surface area contributed by atoms with Crippen molar-refractivity contribution in [2.45, 2.75) is 25.6 Å². The van der Waals surface area contributed by atoms with Gasteiger partial charge in [-0.1, -0.05) is 6.92 Å². The molecule has 0 amide bonds. The minimum absolute atomic E-state index is 0.156.